The number of hydrogen-bond donors (Lipinski definition) is 2. The number of ether oxygens (including phenoxy) is 2. The van der Waals surface area contributed by atoms with Crippen LogP contribution in [0.3, 0.4) is 0 Å². The van der Waals surface area contributed by atoms with Gasteiger partial charge in [-0.25, -0.2) is 0 Å². The molecule has 2 heterocycles. The molecule has 1 aromatic heterocycles. The Hall–Kier alpha value is -3.15. The van der Waals surface area contributed by atoms with Crippen LogP contribution in [-0.2, 0) is 25.6 Å². The fourth-order valence-electron chi connectivity index (χ4n) is 3.59. The summed E-state index contributed by atoms with van der Waals surface area (Å²) in [5.41, 5.74) is 1.59. The highest BCUT2D eigenvalue weighted by molar-refractivity contribution is 6.04. The zero-order valence-electron chi connectivity index (χ0n) is 17.7. The number of methoxy groups -OCH3 is 1. The largest absolute Gasteiger partial charge is 0.385 e. The van der Waals surface area contributed by atoms with Crippen LogP contribution in [0.25, 0.3) is 17.0 Å². The number of nitriles is 1. The molecule has 3 rings (SSSR count). The fourth-order valence-corrected chi connectivity index (χ4v) is 3.59. The molecule has 0 aliphatic carbocycles. The zero-order valence-corrected chi connectivity index (χ0v) is 17.7. The molecule has 1 aliphatic heterocycles. The maximum Gasteiger partial charge on any atom is 0.262 e. The first-order valence-corrected chi connectivity index (χ1v) is 10.5. The van der Waals surface area contributed by atoms with E-state index < -0.39 is 5.91 Å². The van der Waals surface area contributed by atoms with Crippen LogP contribution in [0.15, 0.2) is 36.0 Å². The molecule has 8 nitrogen and oxygen atoms in total. The van der Waals surface area contributed by atoms with Crippen molar-refractivity contribution in [1.29, 1.82) is 5.26 Å². The summed E-state index contributed by atoms with van der Waals surface area (Å²) in [6.45, 7) is 2.38. The van der Waals surface area contributed by atoms with Gasteiger partial charge >= 0.3 is 0 Å². The Kier molecular flexibility index (Phi) is 8.21. The molecule has 0 radical (unpaired) electrons. The van der Waals surface area contributed by atoms with Crippen LogP contribution in [0.1, 0.15) is 24.8 Å². The van der Waals surface area contributed by atoms with Crippen LogP contribution in [0, 0.1) is 11.3 Å². The predicted molar refractivity (Wildman–Crippen MR) is 117 cm³/mol. The number of nitrogens with one attached hydrogen (secondary N) is 2. The molecule has 1 atom stereocenters. The molecule has 0 saturated carbocycles. The predicted octanol–water partition coefficient (Wildman–Crippen LogP) is 2.00. The standard InChI is InChI=1S/C23H28N4O4/c1-30-10-5-9-25-22(28)16-27-15-18(20-7-2-3-8-21(20)27)12-17(13-24)23(29)26-14-19-6-4-11-31-19/h2-3,7-8,12,15,19H,4-6,9-11,14,16H2,1H3,(H,25,28)(H,26,29). The summed E-state index contributed by atoms with van der Waals surface area (Å²) in [7, 11) is 1.63. The third-order valence-corrected chi connectivity index (χ3v) is 5.16. The molecule has 2 aromatic rings. The van der Waals surface area contributed by atoms with E-state index in [4.69, 9.17) is 9.47 Å². The van der Waals surface area contributed by atoms with Crippen molar-refractivity contribution in [2.75, 3.05) is 33.4 Å². The van der Waals surface area contributed by atoms with E-state index >= 15 is 0 Å². The molecule has 1 unspecified atom stereocenters. The number of carbonyl (C=O) groups is 2. The summed E-state index contributed by atoms with van der Waals surface area (Å²) >= 11 is 0. The van der Waals surface area contributed by atoms with Gasteiger partial charge in [0.05, 0.1) is 6.10 Å². The lowest BCUT2D eigenvalue weighted by atomic mass is 10.1. The Morgan fingerprint density at radius 1 is 1.35 bits per heavy atom. The highest BCUT2D eigenvalue weighted by atomic mass is 16.5. The van der Waals surface area contributed by atoms with Crippen molar-refractivity contribution < 1.29 is 19.1 Å². The minimum absolute atomic E-state index is 0.00760. The van der Waals surface area contributed by atoms with Crippen LogP contribution in [-0.4, -0.2) is 55.9 Å². The Bertz CT molecular complexity index is 983. The Morgan fingerprint density at radius 3 is 2.94 bits per heavy atom. The van der Waals surface area contributed by atoms with Crippen LogP contribution in [0.2, 0.25) is 0 Å². The van der Waals surface area contributed by atoms with Gasteiger partial charge in [-0.3, -0.25) is 9.59 Å². The second-order valence-corrected chi connectivity index (χ2v) is 7.44. The van der Waals surface area contributed by atoms with E-state index in [0.717, 1.165) is 30.2 Å². The smallest absolute Gasteiger partial charge is 0.262 e. The van der Waals surface area contributed by atoms with Gasteiger partial charge in [-0.2, -0.15) is 5.26 Å². The summed E-state index contributed by atoms with van der Waals surface area (Å²) in [6, 6.07) is 9.59. The van der Waals surface area contributed by atoms with Gasteiger partial charge in [0.2, 0.25) is 5.91 Å². The second kappa shape index (κ2) is 11.3. The molecular weight excluding hydrogens is 396 g/mol. The van der Waals surface area contributed by atoms with Crippen molar-refractivity contribution in [3.63, 3.8) is 0 Å². The van der Waals surface area contributed by atoms with Crippen LogP contribution >= 0.6 is 0 Å². The minimum Gasteiger partial charge on any atom is -0.385 e. The van der Waals surface area contributed by atoms with Gasteiger partial charge in [-0.05, 0) is 31.4 Å². The van der Waals surface area contributed by atoms with E-state index in [-0.39, 0.29) is 24.1 Å². The van der Waals surface area contributed by atoms with Gasteiger partial charge in [-0.15, -0.1) is 0 Å². The lowest BCUT2D eigenvalue weighted by Crippen LogP contribution is -2.32. The molecule has 164 valence electrons. The summed E-state index contributed by atoms with van der Waals surface area (Å²) < 4.78 is 12.3. The van der Waals surface area contributed by atoms with Crippen molar-refractivity contribution in [1.82, 2.24) is 15.2 Å². The van der Waals surface area contributed by atoms with Crippen LogP contribution in [0.5, 0.6) is 0 Å². The quantitative estimate of drug-likeness (QED) is 0.345. The average molecular weight is 425 g/mol. The van der Waals surface area contributed by atoms with E-state index in [1.54, 1.807) is 19.4 Å². The molecule has 1 aromatic carbocycles. The molecule has 1 saturated heterocycles. The Morgan fingerprint density at radius 2 is 2.19 bits per heavy atom. The van der Waals surface area contributed by atoms with Crippen molar-refractivity contribution in [2.24, 2.45) is 0 Å². The van der Waals surface area contributed by atoms with Crippen molar-refractivity contribution in [3.8, 4) is 6.07 Å². The summed E-state index contributed by atoms with van der Waals surface area (Å²) in [5.74, 6) is -0.534. The van der Waals surface area contributed by atoms with Gasteiger partial charge in [0, 0.05) is 56.1 Å². The monoisotopic (exact) mass is 424 g/mol. The number of para-hydroxylation sites is 1. The average Bonchev–Trinajstić information content (AvgIpc) is 3.42. The van der Waals surface area contributed by atoms with E-state index in [1.165, 1.54) is 0 Å². The Labute approximate surface area is 181 Å². The van der Waals surface area contributed by atoms with Gasteiger partial charge in [-0.1, -0.05) is 18.2 Å². The van der Waals surface area contributed by atoms with E-state index in [1.807, 2.05) is 34.9 Å². The number of carbonyl (C=O) groups excluding carboxylic acids is 2. The first-order chi connectivity index (χ1) is 15.1. The van der Waals surface area contributed by atoms with E-state index in [9.17, 15) is 14.9 Å². The minimum atomic E-state index is -0.425. The molecular formula is C23H28N4O4. The van der Waals surface area contributed by atoms with Gasteiger partial charge in [0.15, 0.2) is 0 Å². The molecule has 1 aliphatic rings. The third kappa shape index (κ3) is 6.17. The molecule has 31 heavy (non-hydrogen) atoms. The van der Waals surface area contributed by atoms with Crippen molar-refractivity contribution in [2.45, 2.75) is 31.9 Å². The number of nitrogens with zero attached hydrogens (tertiary/aromatic N) is 2. The maximum absolute atomic E-state index is 12.5. The molecule has 2 N–H and O–H groups in total. The van der Waals surface area contributed by atoms with Crippen LogP contribution < -0.4 is 10.6 Å². The highest BCUT2D eigenvalue weighted by Crippen LogP contribution is 2.23. The summed E-state index contributed by atoms with van der Waals surface area (Å²) in [4.78, 5) is 24.8. The number of amides is 2. The fraction of sp³-hybridized carbons (Fsp3) is 0.435. The van der Waals surface area contributed by atoms with Gasteiger partial charge in [0.25, 0.3) is 5.91 Å². The topological polar surface area (TPSA) is 105 Å². The van der Waals surface area contributed by atoms with Gasteiger partial charge < -0.3 is 24.7 Å². The van der Waals surface area contributed by atoms with E-state index in [0.29, 0.717) is 31.9 Å². The van der Waals surface area contributed by atoms with Crippen molar-refractivity contribution in [3.05, 3.63) is 41.6 Å². The lowest BCUT2D eigenvalue weighted by Gasteiger charge is -2.10. The van der Waals surface area contributed by atoms with E-state index in [2.05, 4.69) is 10.6 Å². The highest BCUT2D eigenvalue weighted by Gasteiger charge is 2.18. The number of fused-ring (bicyclic) bond motifs is 1. The van der Waals surface area contributed by atoms with Gasteiger partial charge in [0.1, 0.15) is 18.2 Å². The number of aromatic nitrogens is 1. The summed E-state index contributed by atoms with van der Waals surface area (Å²) in [6.07, 6.45) is 6.01. The number of benzene rings is 1. The lowest BCUT2D eigenvalue weighted by molar-refractivity contribution is -0.121. The SMILES string of the molecule is COCCCNC(=O)Cn1cc(C=C(C#N)C(=O)NCC2CCCO2)c2ccccc21. The second-order valence-electron chi connectivity index (χ2n) is 7.44. The Balaban J connectivity index is 1.74. The molecule has 2 amide bonds. The molecule has 0 spiro atoms. The third-order valence-electron chi connectivity index (χ3n) is 5.16. The number of rotatable bonds is 10. The molecule has 0 bridgehead atoms. The number of hydrogen-bond acceptors (Lipinski definition) is 5. The normalized spacial score (nSPS) is 16.3. The zero-order chi connectivity index (χ0) is 22.1. The molecule has 8 heteroatoms. The first kappa shape index (κ1) is 22.5. The summed E-state index contributed by atoms with van der Waals surface area (Å²) in [5, 5.41) is 16.0. The molecule has 1 fully saturated rings. The maximum atomic E-state index is 12.5. The van der Waals surface area contributed by atoms with Crippen molar-refractivity contribution >= 4 is 28.8 Å². The van der Waals surface area contributed by atoms with Crippen LogP contribution in [0.4, 0.5) is 0 Å². The first-order valence-electron chi connectivity index (χ1n) is 10.5.